The predicted octanol–water partition coefficient (Wildman–Crippen LogP) is 2.52. The fraction of sp³-hybridized carbons (Fsp3) is 0.222. The summed E-state index contributed by atoms with van der Waals surface area (Å²) in [4.78, 5) is 23.2. The Balaban J connectivity index is 1.89. The lowest BCUT2D eigenvalue weighted by atomic mass is 10.1. The van der Waals surface area contributed by atoms with Crippen LogP contribution < -0.4 is 0 Å². The minimum atomic E-state index is -3.71. The zero-order chi connectivity index (χ0) is 19.2. The molecule has 0 atom stereocenters. The average molecular weight is 380 g/mol. The molecule has 0 saturated carbocycles. The van der Waals surface area contributed by atoms with E-state index in [2.05, 4.69) is 4.74 Å². The number of esters is 2. The van der Waals surface area contributed by atoms with Crippen LogP contribution in [0.25, 0.3) is 0 Å². The maximum absolute atomic E-state index is 12.9. The third-order valence-electron chi connectivity index (χ3n) is 3.50. The van der Waals surface area contributed by atoms with Gasteiger partial charge < -0.3 is 9.47 Å². The van der Waals surface area contributed by atoms with Crippen LogP contribution in [-0.4, -0.2) is 33.2 Å². The summed E-state index contributed by atoms with van der Waals surface area (Å²) in [6.07, 6.45) is -0.337. The molecule has 0 radical (unpaired) electrons. The van der Waals surface area contributed by atoms with Crippen molar-refractivity contribution >= 4 is 21.8 Å². The summed E-state index contributed by atoms with van der Waals surface area (Å²) in [5, 5.41) is 0. The van der Waals surface area contributed by atoms with Crippen LogP contribution in [0.3, 0.4) is 0 Å². The molecule has 0 heterocycles. The Morgan fingerprint density at radius 1 is 1.08 bits per heavy atom. The van der Waals surface area contributed by atoms with Gasteiger partial charge in [-0.1, -0.05) is 12.1 Å². The van der Waals surface area contributed by atoms with Gasteiger partial charge in [0.2, 0.25) is 0 Å². The third kappa shape index (κ3) is 5.38. The molecule has 2 aromatic rings. The molecular weight excluding hydrogens is 363 g/mol. The van der Waals surface area contributed by atoms with Crippen LogP contribution >= 0.6 is 0 Å². The standard InChI is InChI=1S/C18H17FO6S/c1-24-18(21)14-4-2-3-13(11-14)12-25-17(20)9-10-26(22,23)16-7-5-15(19)6-8-16/h2-8,11H,9-10,12H2,1H3. The van der Waals surface area contributed by atoms with Gasteiger partial charge in [-0.25, -0.2) is 17.6 Å². The molecule has 0 aromatic heterocycles. The van der Waals surface area contributed by atoms with E-state index in [0.29, 0.717) is 11.1 Å². The topological polar surface area (TPSA) is 86.7 Å². The van der Waals surface area contributed by atoms with E-state index in [1.165, 1.54) is 13.2 Å². The molecule has 0 N–H and O–H groups in total. The van der Waals surface area contributed by atoms with Crippen molar-refractivity contribution in [3.63, 3.8) is 0 Å². The van der Waals surface area contributed by atoms with Crippen LogP contribution in [0.1, 0.15) is 22.3 Å². The Bertz CT molecular complexity index is 890. The largest absolute Gasteiger partial charge is 0.465 e. The van der Waals surface area contributed by atoms with E-state index in [9.17, 15) is 22.4 Å². The minimum absolute atomic E-state index is 0.0579. The van der Waals surface area contributed by atoms with Crippen molar-refractivity contribution in [3.05, 3.63) is 65.5 Å². The van der Waals surface area contributed by atoms with Crippen molar-refractivity contribution < 1.29 is 31.9 Å². The molecule has 6 nitrogen and oxygen atoms in total. The molecule has 0 amide bonds. The smallest absolute Gasteiger partial charge is 0.337 e. The molecule has 0 saturated heterocycles. The quantitative estimate of drug-likeness (QED) is 0.542. The SMILES string of the molecule is COC(=O)c1cccc(COC(=O)CCS(=O)(=O)c2ccc(F)cc2)c1. The number of carbonyl (C=O) groups excluding carboxylic acids is 2. The van der Waals surface area contributed by atoms with E-state index in [0.717, 1.165) is 24.3 Å². The number of ether oxygens (including phenoxy) is 2. The summed E-state index contributed by atoms with van der Waals surface area (Å²) in [5.74, 6) is -2.19. The van der Waals surface area contributed by atoms with Crippen molar-refractivity contribution in [3.8, 4) is 0 Å². The van der Waals surface area contributed by atoms with Crippen LogP contribution in [0, 0.1) is 5.82 Å². The van der Waals surface area contributed by atoms with Gasteiger partial charge in [0.25, 0.3) is 0 Å². The lowest BCUT2D eigenvalue weighted by Crippen LogP contribution is -2.13. The molecule has 8 heteroatoms. The van der Waals surface area contributed by atoms with Crippen molar-refractivity contribution in [1.29, 1.82) is 0 Å². The first kappa shape index (κ1) is 19.6. The number of hydrogen-bond donors (Lipinski definition) is 0. The van der Waals surface area contributed by atoms with Gasteiger partial charge in [0, 0.05) is 0 Å². The van der Waals surface area contributed by atoms with Crippen molar-refractivity contribution in [1.82, 2.24) is 0 Å². The monoisotopic (exact) mass is 380 g/mol. The number of methoxy groups -OCH3 is 1. The molecule has 2 aromatic carbocycles. The Morgan fingerprint density at radius 2 is 1.77 bits per heavy atom. The van der Waals surface area contributed by atoms with Crippen LogP contribution in [0.5, 0.6) is 0 Å². The molecule has 0 aliphatic carbocycles. The Labute approximate surface area is 150 Å². The maximum Gasteiger partial charge on any atom is 0.337 e. The van der Waals surface area contributed by atoms with Gasteiger partial charge in [-0.3, -0.25) is 4.79 Å². The second-order valence-corrected chi connectivity index (χ2v) is 7.48. The second kappa shape index (κ2) is 8.57. The number of hydrogen-bond acceptors (Lipinski definition) is 6. The molecule has 0 fully saturated rings. The minimum Gasteiger partial charge on any atom is -0.465 e. The number of benzene rings is 2. The molecule has 0 spiro atoms. The van der Waals surface area contributed by atoms with Crippen LogP contribution in [0.2, 0.25) is 0 Å². The van der Waals surface area contributed by atoms with E-state index in [1.54, 1.807) is 18.2 Å². The van der Waals surface area contributed by atoms with E-state index >= 15 is 0 Å². The highest BCUT2D eigenvalue weighted by molar-refractivity contribution is 7.91. The third-order valence-corrected chi connectivity index (χ3v) is 5.23. The molecule has 0 unspecified atom stereocenters. The van der Waals surface area contributed by atoms with Crippen molar-refractivity contribution in [2.24, 2.45) is 0 Å². The van der Waals surface area contributed by atoms with Crippen LogP contribution in [-0.2, 0) is 30.7 Å². The lowest BCUT2D eigenvalue weighted by molar-refractivity contribution is -0.144. The first-order valence-electron chi connectivity index (χ1n) is 7.63. The fourth-order valence-electron chi connectivity index (χ4n) is 2.12. The molecular formula is C18H17FO6S. The molecule has 2 rings (SSSR count). The highest BCUT2D eigenvalue weighted by atomic mass is 32.2. The summed E-state index contributed by atoms with van der Waals surface area (Å²) in [5.41, 5.74) is 0.891. The van der Waals surface area contributed by atoms with Gasteiger partial charge in [-0.15, -0.1) is 0 Å². The first-order valence-corrected chi connectivity index (χ1v) is 9.28. The number of halogens is 1. The average Bonchev–Trinajstić information content (AvgIpc) is 2.64. The van der Waals surface area contributed by atoms with E-state index < -0.39 is 33.3 Å². The number of carbonyl (C=O) groups is 2. The van der Waals surface area contributed by atoms with Gasteiger partial charge in [0.05, 0.1) is 29.7 Å². The highest BCUT2D eigenvalue weighted by Crippen LogP contribution is 2.14. The van der Waals surface area contributed by atoms with E-state index in [-0.39, 0.29) is 17.9 Å². The van der Waals surface area contributed by atoms with Gasteiger partial charge in [0.1, 0.15) is 12.4 Å². The summed E-state index contributed by atoms with van der Waals surface area (Å²) in [6.45, 7) is -0.0970. The molecule has 0 aliphatic rings. The van der Waals surface area contributed by atoms with Crippen LogP contribution in [0.15, 0.2) is 53.4 Å². The van der Waals surface area contributed by atoms with Gasteiger partial charge in [0.15, 0.2) is 9.84 Å². The van der Waals surface area contributed by atoms with Crippen LogP contribution in [0.4, 0.5) is 4.39 Å². The van der Waals surface area contributed by atoms with Gasteiger partial charge in [-0.05, 0) is 42.0 Å². The summed E-state index contributed by atoms with van der Waals surface area (Å²) in [6, 6.07) is 10.7. The number of sulfone groups is 1. The Kier molecular flexibility index (Phi) is 6.46. The maximum atomic E-state index is 12.9. The van der Waals surface area contributed by atoms with Crippen molar-refractivity contribution in [2.75, 3.05) is 12.9 Å². The molecule has 0 aliphatic heterocycles. The highest BCUT2D eigenvalue weighted by Gasteiger charge is 2.17. The molecule has 26 heavy (non-hydrogen) atoms. The van der Waals surface area contributed by atoms with E-state index in [1.807, 2.05) is 0 Å². The zero-order valence-corrected chi connectivity index (χ0v) is 14.8. The normalized spacial score (nSPS) is 11.0. The van der Waals surface area contributed by atoms with Gasteiger partial charge in [-0.2, -0.15) is 0 Å². The summed E-state index contributed by atoms with van der Waals surface area (Å²) < 4.78 is 46.7. The molecule has 0 bridgehead atoms. The lowest BCUT2D eigenvalue weighted by Gasteiger charge is -2.07. The second-order valence-electron chi connectivity index (χ2n) is 5.38. The summed E-state index contributed by atoms with van der Waals surface area (Å²) in [7, 11) is -2.44. The van der Waals surface area contributed by atoms with Crippen molar-refractivity contribution in [2.45, 2.75) is 17.9 Å². The first-order chi connectivity index (χ1) is 12.3. The predicted molar refractivity (Wildman–Crippen MR) is 90.6 cm³/mol. The molecule has 138 valence electrons. The Morgan fingerprint density at radius 3 is 2.42 bits per heavy atom. The van der Waals surface area contributed by atoms with E-state index in [4.69, 9.17) is 4.74 Å². The fourth-order valence-corrected chi connectivity index (χ4v) is 3.34. The zero-order valence-electron chi connectivity index (χ0n) is 14.0. The Hall–Kier alpha value is -2.74. The number of rotatable bonds is 7. The van der Waals surface area contributed by atoms with Gasteiger partial charge >= 0.3 is 11.9 Å². The summed E-state index contributed by atoms with van der Waals surface area (Å²) >= 11 is 0.